The smallest absolute Gasteiger partial charge is 0.333 e. The van der Waals surface area contributed by atoms with Crippen LogP contribution in [0.15, 0.2) is 48.2 Å². The molecule has 3 aromatic rings. The lowest BCUT2D eigenvalue weighted by atomic mass is 9.99. The fourth-order valence-electron chi connectivity index (χ4n) is 4.56. The van der Waals surface area contributed by atoms with Gasteiger partial charge in [-0.15, -0.1) is 11.3 Å². The topological polar surface area (TPSA) is 128 Å². The van der Waals surface area contributed by atoms with Crippen LogP contribution in [-0.2, 0) is 14.5 Å². The minimum Gasteiger partial charge on any atom is -0.367 e. The van der Waals surface area contributed by atoms with Gasteiger partial charge < -0.3 is 5.32 Å². The summed E-state index contributed by atoms with van der Waals surface area (Å²) in [4.78, 5) is 24.5. The summed E-state index contributed by atoms with van der Waals surface area (Å²) in [6, 6.07) is 9.59. The molecular weight excluding hydrogens is 522 g/mol. The largest absolute Gasteiger partial charge is 0.367 e. The number of ketones is 1. The van der Waals surface area contributed by atoms with E-state index in [-0.39, 0.29) is 30.4 Å². The second-order valence-electron chi connectivity index (χ2n) is 9.08. The molecule has 0 spiro atoms. The number of carbonyl (C=O) groups is 1. The van der Waals surface area contributed by atoms with Gasteiger partial charge in [-0.2, -0.15) is 8.42 Å². The van der Waals surface area contributed by atoms with Crippen molar-refractivity contribution in [3.05, 3.63) is 74.8 Å². The fraction of sp³-hybridized carbons (Fsp3) is 0.375. The Kier molecular flexibility index (Phi) is 8.38. The average molecular weight is 550 g/mol. The van der Waals surface area contributed by atoms with Gasteiger partial charge in [0.05, 0.1) is 23.1 Å². The minimum absolute atomic E-state index is 0.0281. The molecule has 0 saturated heterocycles. The second kappa shape index (κ2) is 11.3. The first kappa shape index (κ1) is 26.6. The number of nitrogens with two attached hydrogens (primary N) is 1. The lowest BCUT2D eigenvalue weighted by Gasteiger charge is -2.24. The Bertz CT molecular complexity index is 1330. The SMILES string of the molecule is CN(C)C(c1cccc(Cl)c1)c1csc(C(=O)c2cncnc2N[C@H]2CC[C@@H](COS(N)(=O)=O)C2)c1. The Morgan fingerprint density at radius 3 is 2.83 bits per heavy atom. The monoisotopic (exact) mass is 549 g/mol. The van der Waals surface area contributed by atoms with Crippen molar-refractivity contribution in [2.45, 2.75) is 31.3 Å². The molecule has 0 bridgehead atoms. The van der Waals surface area contributed by atoms with Gasteiger partial charge >= 0.3 is 10.3 Å². The number of hydrogen-bond donors (Lipinski definition) is 2. The molecule has 1 aliphatic rings. The van der Waals surface area contributed by atoms with Crippen LogP contribution in [0.2, 0.25) is 5.02 Å². The van der Waals surface area contributed by atoms with E-state index in [2.05, 4.69) is 20.2 Å². The van der Waals surface area contributed by atoms with Crippen molar-refractivity contribution in [1.29, 1.82) is 0 Å². The zero-order chi connectivity index (χ0) is 25.9. The molecular formula is C24H28ClN5O4S2. The molecule has 1 aromatic carbocycles. The average Bonchev–Trinajstić information content (AvgIpc) is 3.47. The molecule has 0 amide bonds. The maximum atomic E-state index is 13.5. The van der Waals surface area contributed by atoms with Crippen LogP contribution in [0.5, 0.6) is 0 Å². The molecule has 36 heavy (non-hydrogen) atoms. The number of anilines is 1. The third-order valence-corrected chi connectivity index (χ3v) is 7.79. The van der Waals surface area contributed by atoms with E-state index < -0.39 is 10.3 Å². The molecule has 192 valence electrons. The summed E-state index contributed by atoms with van der Waals surface area (Å²) in [6.45, 7) is 0.0458. The van der Waals surface area contributed by atoms with Crippen molar-refractivity contribution in [3.8, 4) is 0 Å². The van der Waals surface area contributed by atoms with E-state index in [1.54, 1.807) is 0 Å². The van der Waals surface area contributed by atoms with Gasteiger partial charge in [0, 0.05) is 17.3 Å². The van der Waals surface area contributed by atoms with Gasteiger partial charge in [-0.25, -0.2) is 15.1 Å². The highest BCUT2D eigenvalue weighted by atomic mass is 35.5. The van der Waals surface area contributed by atoms with Crippen molar-refractivity contribution in [3.63, 3.8) is 0 Å². The third-order valence-electron chi connectivity index (χ3n) is 6.15. The van der Waals surface area contributed by atoms with Gasteiger partial charge in [0.1, 0.15) is 12.1 Å². The molecule has 2 aromatic heterocycles. The Morgan fingerprint density at radius 2 is 2.11 bits per heavy atom. The van der Waals surface area contributed by atoms with E-state index in [4.69, 9.17) is 20.9 Å². The Hall–Kier alpha value is -2.41. The van der Waals surface area contributed by atoms with E-state index in [1.807, 2.05) is 49.8 Å². The molecule has 1 saturated carbocycles. The normalized spacial score (nSPS) is 18.9. The number of rotatable bonds is 10. The van der Waals surface area contributed by atoms with Gasteiger partial charge in [0.25, 0.3) is 0 Å². The van der Waals surface area contributed by atoms with E-state index in [0.717, 1.165) is 24.0 Å². The molecule has 3 atom stereocenters. The van der Waals surface area contributed by atoms with Gasteiger partial charge in [-0.1, -0.05) is 23.7 Å². The van der Waals surface area contributed by atoms with Crippen molar-refractivity contribution < 1.29 is 17.4 Å². The van der Waals surface area contributed by atoms with Crippen molar-refractivity contribution in [1.82, 2.24) is 14.9 Å². The molecule has 9 nitrogen and oxygen atoms in total. The van der Waals surface area contributed by atoms with Crippen molar-refractivity contribution >= 4 is 44.8 Å². The van der Waals surface area contributed by atoms with Gasteiger partial charge in [-0.05, 0) is 74.0 Å². The van der Waals surface area contributed by atoms with Crippen LogP contribution in [-0.4, -0.2) is 55.8 Å². The number of halogens is 1. The Morgan fingerprint density at radius 1 is 1.31 bits per heavy atom. The molecule has 1 unspecified atom stereocenters. The molecule has 2 heterocycles. The van der Waals surface area contributed by atoms with E-state index in [9.17, 15) is 13.2 Å². The number of thiophene rings is 1. The molecule has 1 fully saturated rings. The molecule has 0 aliphatic heterocycles. The number of nitrogens with zero attached hydrogens (tertiary/aromatic N) is 3. The molecule has 4 rings (SSSR count). The van der Waals surface area contributed by atoms with Crippen LogP contribution >= 0.6 is 22.9 Å². The lowest BCUT2D eigenvalue weighted by Crippen LogP contribution is -2.22. The third kappa shape index (κ3) is 6.67. The van der Waals surface area contributed by atoms with Crippen LogP contribution in [0.3, 0.4) is 0 Å². The van der Waals surface area contributed by atoms with Gasteiger partial charge in [-0.3, -0.25) is 13.9 Å². The minimum atomic E-state index is -3.96. The van der Waals surface area contributed by atoms with Crippen LogP contribution in [0, 0.1) is 5.92 Å². The quantitative estimate of drug-likeness (QED) is 0.365. The van der Waals surface area contributed by atoms with E-state index in [1.165, 1.54) is 23.9 Å². The maximum absolute atomic E-state index is 13.5. The highest BCUT2D eigenvalue weighted by Crippen LogP contribution is 2.33. The predicted molar refractivity (Wildman–Crippen MR) is 141 cm³/mol. The molecule has 12 heteroatoms. The standard InChI is InChI=1S/C24H28ClN5O4S2/c1-30(2)22(16-4-3-5-18(25)9-16)17-10-21(35-13-17)23(31)20-11-27-14-28-24(20)29-19-7-6-15(8-19)12-34-36(26,32)33/h3-5,9-11,13-15,19,22H,6-8,12H2,1-2H3,(H2,26,32,33)(H,27,28,29)/t15-,19+,22?/m1/s1. The molecule has 0 radical (unpaired) electrons. The first-order valence-electron chi connectivity index (χ1n) is 11.4. The summed E-state index contributed by atoms with van der Waals surface area (Å²) >= 11 is 7.60. The predicted octanol–water partition coefficient (Wildman–Crippen LogP) is 3.87. The van der Waals surface area contributed by atoms with Crippen molar-refractivity contribution in [2.24, 2.45) is 11.1 Å². The van der Waals surface area contributed by atoms with Crippen LogP contribution in [0.4, 0.5) is 5.82 Å². The second-order valence-corrected chi connectivity index (χ2v) is 11.6. The Labute approximate surface area is 219 Å². The first-order chi connectivity index (χ1) is 17.1. The fourth-order valence-corrected chi connectivity index (χ4v) is 6.03. The zero-order valence-electron chi connectivity index (χ0n) is 19.9. The van der Waals surface area contributed by atoms with Crippen molar-refractivity contribution in [2.75, 3.05) is 26.0 Å². The highest BCUT2D eigenvalue weighted by Gasteiger charge is 2.28. The number of carbonyl (C=O) groups excluding carboxylic acids is 1. The number of nitrogens with one attached hydrogen (secondary N) is 1. The number of hydrogen-bond acceptors (Lipinski definition) is 9. The van der Waals surface area contributed by atoms with Gasteiger partial charge in [0.2, 0.25) is 5.78 Å². The highest BCUT2D eigenvalue weighted by molar-refractivity contribution is 7.84. The van der Waals surface area contributed by atoms with E-state index >= 15 is 0 Å². The first-order valence-corrected chi connectivity index (χ1v) is 14.1. The zero-order valence-corrected chi connectivity index (χ0v) is 22.3. The summed E-state index contributed by atoms with van der Waals surface area (Å²) in [5.74, 6) is 0.350. The maximum Gasteiger partial charge on any atom is 0.333 e. The summed E-state index contributed by atoms with van der Waals surface area (Å²) in [5.41, 5.74) is 2.42. The molecule has 1 aliphatic carbocycles. The lowest BCUT2D eigenvalue weighted by molar-refractivity contribution is 0.104. The summed E-state index contributed by atoms with van der Waals surface area (Å²) < 4.78 is 26.9. The summed E-state index contributed by atoms with van der Waals surface area (Å²) in [7, 11) is 0.0132. The van der Waals surface area contributed by atoms with Crippen LogP contribution in [0.25, 0.3) is 0 Å². The summed E-state index contributed by atoms with van der Waals surface area (Å²) in [5, 5.41) is 10.9. The molecule has 3 N–H and O–H groups in total. The van der Waals surface area contributed by atoms with Crippen LogP contribution < -0.4 is 10.5 Å². The van der Waals surface area contributed by atoms with E-state index in [0.29, 0.717) is 27.7 Å². The van der Waals surface area contributed by atoms with Gasteiger partial charge in [0.15, 0.2) is 0 Å². The summed E-state index contributed by atoms with van der Waals surface area (Å²) in [6.07, 6.45) is 5.18. The Balaban J connectivity index is 1.50. The number of aromatic nitrogens is 2. The van der Waals surface area contributed by atoms with Crippen LogP contribution in [0.1, 0.15) is 51.7 Å². The number of benzene rings is 1.